The Kier molecular flexibility index (Phi) is 9.97. The van der Waals surface area contributed by atoms with Gasteiger partial charge in [-0.2, -0.15) is 0 Å². The Morgan fingerprint density at radius 1 is 0.206 bits per heavy atom. The van der Waals surface area contributed by atoms with Crippen molar-refractivity contribution >= 4 is 38.6 Å². The summed E-state index contributed by atoms with van der Waals surface area (Å²) in [4.78, 5) is 2.46. The van der Waals surface area contributed by atoms with Gasteiger partial charge in [-0.25, -0.2) is 0 Å². The standard InChI is InChI=1S/C62H43N/c1-5-18-44(19-6-1)49-27-17-28-50(40-49)46-32-35-53(36-33-46)63(62-42-51(45-20-7-2-8-21-45)34-38-57(62)48-24-11-4-12-25-48)54-37-39-56(47-22-9-3-10-23-47)61(43-54)60-41-52-26-13-14-29-55(52)58-30-15-16-31-59(58)60/h1-43H. The van der Waals surface area contributed by atoms with Gasteiger partial charge in [0.05, 0.1) is 5.69 Å². The third-order valence-corrected chi connectivity index (χ3v) is 12.3. The highest BCUT2D eigenvalue weighted by Crippen LogP contribution is 2.47. The van der Waals surface area contributed by atoms with Gasteiger partial charge < -0.3 is 4.90 Å². The fourth-order valence-electron chi connectivity index (χ4n) is 9.17. The number of rotatable bonds is 9. The van der Waals surface area contributed by atoms with Crippen molar-refractivity contribution in [3.8, 4) is 66.8 Å². The monoisotopic (exact) mass is 801 g/mol. The molecular weight excluding hydrogens is 759 g/mol. The molecule has 1 heteroatoms. The molecule has 0 spiro atoms. The van der Waals surface area contributed by atoms with Gasteiger partial charge in [0.25, 0.3) is 0 Å². The van der Waals surface area contributed by atoms with Gasteiger partial charge in [0.2, 0.25) is 0 Å². The van der Waals surface area contributed by atoms with Crippen LogP contribution in [0.2, 0.25) is 0 Å². The molecular formula is C62H43N. The van der Waals surface area contributed by atoms with Crippen molar-refractivity contribution in [1.82, 2.24) is 0 Å². The van der Waals surface area contributed by atoms with Gasteiger partial charge in [-0.15, -0.1) is 0 Å². The van der Waals surface area contributed by atoms with E-state index in [4.69, 9.17) is 0 Å². The molecule has 0 N–H and O–H groups in total. The van der Waals surface area contributed by atoms with Crippen molar-refractivity contribution in [3.63, 3.8) is 0 Å². The van der Waals surface area contributed by atoms with Crippen molar-refractivity contribution < 1.29 is 0 Å². The number of anilines is 3. The van der Waals surface area contributed by atoms with Crippen molar-refractivity contribution in [3.05, 3.63) is 261 Å². The molecule has 0 fully saturated rings. The van der Waals surface area contributed by atoms with Crippen LogP contribution in [0.3, 0.4) is 0 Å². The van der Waals surface area contributed by atoms with E-state index in [-0.39, 0.29) is 0 Å². The van der Waals surface area contributed by atoms with Crippen LogP contribution in [-0.4, -0.2) is 0 Å². The van der Waals surface area contributed by atoms with Crippen LogP contribution in [0.1, 0.15) is 0 Å². The largest absolute Gasteiger partial charge is 0.310 e. The predicted molar refractivity (Wildman–Crippen MR) is 269 cm³/mol. The van der Waals surface area contributed by atoms with Crippen LogP contribution in [-0.2, 0) is 0 Å². The lowest BCUT2D eigenvalue weighted by Crippen LogP contribution is -2.12. The summed E-state index contributed by atoms with van der Waals surface area (Å²) in [5.74, 6) is 0. The highest BCUT2D eigenvalue weighted by Gasteiger charge is 2.22. The molecule has 11 rings (SSSR count). The van der Waals surface area contributed by atoms with Crippen LogP contribution in [0, 0.1) is 0 Å². The molecule has 296 valence electrons. The van der Waals surface area contributed by atoms with Crippen LogP contribution in [0.5, 0.6) is 0 Å². The molecule has 0 aromatic heterocycles. The summed E-state index contributed by atoms with van der Waals surface area (Å²) in [6.45, 7) is 0. The number of benzene rings is 11. The molecule has 11 aromatic carbocycles. The molecule has 0 atom stereocenters. The van der Waals surface area contributed by atoms with E-state index in [9.17, 15) is 0 Å². The lowest BCUT2D eigenvalue weighted by Gasteiger charge is -2.30. The molecule has 0 saturated carbocycles. The molecule has 0 heterocycles. The lowest BCUT2D eigenvalue weighted by molar-refractivity contribution is 1.28. The first-order valence-electron chi connectivity index (χ1n) is 21.7. The van der Waals surface area contributed by atoms with E-state index >= 15 is 0 Å². The molecule has 1 nitrogen and oxygen atoms in total. The molecule has 0 aliphatic rings. The van der Waals surface area contributed by atoms with Crippen LogP contribution < -0.4 is 4.90 Å². The van der Waals surface area contributed by atoms with Gasteiger partial charge in [-0.05, 0) is 125 Å². The predicted octanol–water partition coefficient (Wildman–Crippen LogP) is 17.5. The number of hydrogen-bond acceptors (Lipinski definition) is 1. The minimum absolute atomic E-state index is 1.07. The molecule has 0 amide bonds. The Bertz CT molecular complexity index is 3360. The number of hydrogen-bond donors (Lipinski definition) is 0. The first kappa shape index (κ1) is 37.7. The van der Waals surface area contributed by atoms with E-state index in [1.54, 1.807) is 0 Å². The highest BCUT2D eigenvalue weighted by molar-refractivity contribution is 6.15. The zero-order valence-electron chi connectivity index (χ0n) is 34.8. The lowest BCUT2D eigenvalue weighted by atomic mass is 9.88. The van der Waals surface area contributed by atoms with Crippen molar-refractivity contribution in [1.29, 1.82) is 0 Å². The Balaban J connectivity index is 1.16. The normalized spacial score (nSPS) is 11.2. The van der Waals surface area contributed by atoms with E-state index < -0.39 is 0 Å². The van der Waals surface area contributed by atoms with E-state index in [1.165, 1.54) is 71.6 Å². The maximum Gasteiger partial charge on any atom is 0.0546 e. The molecule has 0 aliphatic heterocycles. The SMILES string of the molecule is c1ccc(-c2cccc(-c3ccc(N(c4ccc(-c5ccccc5)c(-c5cc6ccccc6c6ccccc56)c4)c4cc(-c5ccccc5)ccc4-c4ccccc4)cc3)c2)cc1. The second kappa shape index (κ2) is 16.7. The number of fused-ring (bicyclic) bond motifs is 3. The molecule has 0 saturated heterocycles. The summed E-state index contributed by atoms with van der Waals surface area (Å²) in [5, 5.41) is 4.97. The summed E-state index contributed by atoms with van der Waals surface area (Å²) >= 11 is 0. The van der Waals surface area contributed by atoms with Gasteiger partial charge >= 0.3 is 0 Å². The Morgan fingerprint density at radius 3 is 1.29 bits per heavy atom. The highest BCUT2D eigenvalue weighted by atomic mass is 15.1. The Morgan fingerprint density at radius 2 is 0.651 bits per heavy atom. The van der Waals surface area contributed by atoms with Crippen LogP contribution in [0.4, 0.5) is 17.1 Å². The van der Waals surface area contributed by atoms with Crippen molar-refractivity contribution in [2.24, 2.45) is 0 Å². The quantitative estimate of drug-likeness (QED) is 0.131. The molecule has 11 aromatic rings. The minimum atomic E-state index is 1.07. The second-order valence-corrected chi connectivity index (χ2v) is 16.1. The summed E-state index contributed by atoms with van der Waals surface area (Å²) in [6, 6.07) is 94.8. The molecule has 0 radical (unpaired) electrons. The first-order chi connectivity index (χ1) is 31.2. The molecule has 0 unspecified atom stereocenters. The van der Waals surface area contributed by atoms with E-state index in [0.29, 0.717) is 0 Å². The van der Waals surface area contributed by atoms with Crippen LogP contribution in [0.25, 0.3) is 88.3 Å². The van der Waals surface area contributed by atoms with Gasteiger partial charge in [0.1, 0.15) is 0 Å². The molecule has 0 bridgehead atoms. The first-order valence-corrected chi connectivity index (χ1v) is 21.7. The zero-order valence-corrected chi connectivity index (χ0v) is 34.8. The zero-order chi connectivity index (χ0) is 42.0. The average Bonchev–Trinajstić information content (AvgIpc) is 3.37. The third-order valence-electron chi connectivity index (χ3n) is 12.3. The Labute approximate surface area is 369 Å². The topological polar surface area (TPSA) is 3.24 Å². The summed E-state index contributed by atoms with van der Waals surface area (Å²) in [6.07, 6.45) is 0. The van der Waals surface area contributed by atoms with Gasteiger partial charge in [0, 0.05) is 16.9 Å². The summed E-state index contributed by atoms with van der Waals surface area (Å²) < 4.78 is 0. The van der Waals surface area contributed by atoms with Gasteiger partial charge in [-0.3, -0.25) is 0 Å². The van der Waals surface area contributed by atoms with Crippen molar-refractivity contribution in [2.45, 2.75) is 0 Å². The molecule has 63 heavy (non-hydrogen) atoms. The summed E-state index contributed by atoms with van der Waals surface area (Å²) in [5.41, 5.74) is 17.4. The van der Waals surface area contributed by atoms with E-state index in [1.807, 2.05) is 0 Å². The van der Waals surface area contributed by atoms with Gasteiger partial charge in [-0.1, -0.05) is 218 Å². The van der Waals surface area contributed by atoms with Crippen molar-refractivity contribution in [2.75, 3.05) is 4.90 Å². The fourth-order valence-corrected chi connectivity index (χ4v) is 9.17. The van der Waals surface area contributed by atoms with E-state index in [0.717, 1.165) is 33.8 Å². The fraction of sp³-hybridized carbons (Fsp3) is 0. The smallest absolute Gasteiger partial charge is 0.0546 e. The third kappa shape index (κ3) is 7.37. The van der Waals surface area contributed by atoms with Gasteiger partial charge in [0.15, 0.2) is 0 Å². The average molecular weight is 802 g/mol. The number of nitrogens with zero attached hydrogens (tertiary/aromatic N) is 1. The maximum atomic E-state index is 2.46. The van der Waals surface area contributed by atoms with E-state index in [2.05, 4.69) is 266 Å². The Hall–Kier alpha value is -8.26. The van der Waals surface area contributed by atoms with Crippen LogP contribution >= 0.6 is 0 Å². The molecule has 0 aliphatic carbocycles. The minimum Gasteiger partial charge on any atom is -0.310 e. The van der Waals surface area contributed by atoms with Crippen LogP contribution in [0.15, 0.2) is 261 Å². The second-order valence-electron chi connectivity index (χ2n) is 16.1. The maximum absolute atomic E-state index is 2.46. The summed E-state index contributed by atoms with van der Waals surface area (Å²) in [7, 11) is 0.